The molecule has 3 aromatic heterocycles. The standard InChI is InChI=1S/C29H37N9O2/c1-18(2)23-15-22(40-36-23)17-30-29-32-26(20-7-9-21(10-8-20)38-13-11-37(3)12-14-38)27(39-4)28(33-29)31-25-16-24(34-35-25)19-5-6-19/h7-10,15-16,18-19H,5-6,11-14,17H2,1-4H3,(H3,30,31,32,33,34,35). The minimum atomic E-state index is 0.292. The van der Waals surface area contributed by atoms with Gasteiger partial charge >= 0.3 is 0 Å². The molecular formula is C29H37N9O2. The van der Waals surface area contributed by atoms with Gasteiger partial charge in [-0.1, -0.05) is 31.1 Å². The molecule has 1 saturated carbocycles. The molecule has 4 aromatic rings. The van der Waals surface area contributed by atoms with Gasteiger partial charge < -0.3 is 29.7 Å². The molecule has 0 unspecified atom stereocenters. The summed E-state index contributed by atoms with van der Waals surface area (Å²) in [5.41, 5.74) is 4.88. The lowest BCUT2D eigenvalue weighted by Crippen LogP contribution is -2.44. The second-order valence-electron chi connectivity index (χ2n) is 10.9. The second kappa shape index (κ2) is 11.2. The number of anilines is 4. The van der Waals surface area contributed by atoms with Gasteiger partial charge in [0.25, 0.3) is 0 Å². The Hall–Kier alpha value is -4.12. The molecule has 0 amide bonds. The van der Waals surface area contributed by atoms with Crippen LogP contribution in [0.3, 0.4) is 0 Å². The summed E-state index contributed by atoms with van der Waals surface area (Å²) in [7, 11) is 3.81. The average molecular weight is 544 g/mol. The summed E-state index contributed by atoms with van der Waals surface area (Å²) in [5.74, 6) is 3.81. The van der Waals surface area contributed by atoms with Crippen LogP contribution < -0.4 is 20.3 Å². The van der Waals surface area contributed by atoms with Crippen molar-refractivity contribution >= 4 is 23.3 Å². The van der Waals surface area contributed by atoms with Crippen LogP contribution in [0.25, 0.3) is 11.3 Å². The van der Waals surface area contributed by atoms with E-state index in [0.717, 1.165) is 48.9 Å². The summed E-state index contributed by atoms with van der Waals surface area (Å²) in [5, 5.41) is 18.4. The van der Waals surface area contributed by atoms with Crippen molar-refractivity contribution in [2.75, 3.05) is 55.9 Å². The third-order valence-corrected chi connectivity index (χ3v) is 7.53. The number of aromatic nitrogens is 5. The molecule has 0 bridgehead atoms. The lowest BCUT2D eigenvalue weighted by atomic mass is 10.1. The number of aromatic amines is 1. The number of H-pyrrole nitrogens is 1. The highest BCUT2D eigenvalue weighted by molar-refractivity contribution is 5.77. The molecule has 4 heterocycles. The van der Waals surface area contributed by atoms with Crippen molar-refractivity contribution in [3.05, 3.63) is 53.5 Å². The van der Waals surface area contributed by atoms with Crippen LogP contribution in [0.4, 0.5) is 23.3 Å². The number of methoxy groups -OCH3 is 1. The molecule has 6 rings (SSSR count). The first-order chi connectivity index (χ1) is 19.5. The molecular weight excluding hydrogens is 506 g/mol. The number of nitrogens with one attached hydrogen (secondary N) is 3. The predicted molar refractivity (Wildman–Crippen MR) is 155 cm³/mol. The SMILES string of the molecule is COc1c(Nc2cc(C3CC3)[nH]n2)nc(NCc2cc(C(C)C)no2)nc1-c1ccc(N2CCN(C)CC2)cc1. The molecule has 1 aromatic carbocycles. The first kappa shape index (κ1) is 26.1. The van der Waals surface area contributed by atoms with E-state index >= 15 is 0 Å². The van der Waals surface area contributed by atoms with Gasteiger partial charge in [-0.05, 0) is 37.9 Å². The molecule has 1 aliphatic heterocycles. The summed E-state index contributed by atoms with van der Waals surface area (Å²) >= 11 is 0. The highest BCUT2D eigenvalue weighted by Gasteiger charge is 2.26. The Bertz CT molecular complexity index is 1430. The van der Waals surface area contributed by atoms with E-state index in [1.807, 2.05) is 12.1 Å². The van der Waals surface area contributed by atoms with Crippen molar-refractivity contribution in [3.63, 3.8) is 0 Å². The zero-order chi connectivity index (χ0) is 27.6. The van der Waals surface area contributed by atoms with Crippen molar-refractivity contribution in [3.8, 4) is 17.0 Å². The highest BCUT2D eigenvalue weighted by atomic mass is 16.5. The second-order valence-corrected chi connectivity index (χ2v) is 10.9. The Morgan fingerprint density at radius 2 is 1.85 bits per heavy atom. The zero-order valence-corrected chi connectivity index (χ0v) is 23.6. The molecule has 0 radical (unpaired) electrons. The van der Waals surface area contributed by atoms with E-state index in [9.17, 15) is 0 Å². The molecule has 40 heavy (non-hydrogen) atoms. The van der Waals surface area contributed by atoms with Crippen molar-refractivity contribution in [2.24, 2.45) is 0 Å². The maximum Gasteiger partial charge on any atom is 0.225 e. The Balaban J connectivity index is 1.30. The molecule has 0 spiro atoms. The molecule has 1 aliphatic carbocycles. The summed E-state index contributed by atoms with van der Waals surface area (Å²) in [4.78, 5) is 14.4. The van der Waals surface area contributed by atoms with Crippen LogP contribution in [0.15, 0.2) is 40.9 Å². The van der Waals surface area contributed by atoms with Crippen LogP contribution in [0, 0.1) is 0 Å². The molecule has 11 heteroatoms. The van der Waals surface area contributed by atoms with Gasteiger partial charge in [-0.2, -0.15) is 10.1 Å². The van der Waals surface area contributed by atoms with Crippen molar-refractivity contribution < 1.29 is 9.26 Å². The van der Waals surface area contributed by atoms with Crippen LogP contribution in [0.2, 0.25) is 0 Å². The largest absolute Gasteiger partial charge is 0.491 e. The van der Waals surface area contributed by atoms with Gasteiger partial charge in [0.05, 0.1) is 19.3 Å². The van der Waals surface area contributed by atoms with Crippen LogP contribution in [0.1, 0.15) is 55.7 Å². The van der Waals surface area contributed by atoms with Crippen molar-refractivity contribution in [2.45, 2.75) is 45.1 Å². The van der Waals surface area contributed by atoms with Gasteiger partial charge in [-0.15, -0.1) is 0 Å². The summed E-state index contributed by atoms with van der Waals surface area (Å²) in [6, 6.07) is 12.5. The molecule has 2 fully saturated rings. The average Bonchev–Trinajstić information content (AvgIpc) is 3.51. The van der Waals surface area contributed by atoms with Crippen LogP contribution in [-0.4, -0.2) is 70.6 Å². The Morgan fingerprint density at radius 3 is 2.52 bits per heavy atom. The quantitative estimate of drug-likeness (QED) is 0.253. The molecule has 2 aliphatic rings. The fraction of sp³-hybridized carbons (Fsp3) is 0.448. The number of benzene rings is 1. The lowest BCUT2D eigenvalue weighted by molar-refractivity contribution is 0.313. The fourth-order valence-corrected chi connectivity index (χ4v) is 4.87. The topological polar surface area (TPSA) is 120 Å². The van der Waals surface area contributed by atoms with E-state index < -0.39 is 0 Å². The minimum absolute atomic E-state index is 0.292. The number of piperazine rings is 1. The Morgan fingerprint density at radius 1 is 1.07 bits per heavy atom. The van der Waals surface area contributed by atoms with Crippen molar-refractivity contribution in [1.82, 2.24) is 30.2 Å². The number of hydrogen-bond acceptors (Lipinski definition) is 10. The molecule has 210 valence electrons. The van der Waals surface area contributed by atoms with Crippen LogP contribution in [-0.2, 0) is 6.54 Å². The summed E-state index contributed by atoms with van der Waals surface area (Å²) < 4.78 is 11.4. The monoisotopic (exact) mass is 543 g/mol. The summed E-state index contributed by atoms with van der Waals surface area (Å²) in [6.07, 6.45) is 2.39. The normalized spacial score (nSPS) is 16.0. The van der Waals surface area contributed by atoms with E-state index in [0.29, 0.717) is 47.4 Å². The lowest BCUT2D eigenvalue weighted by Gasteiger charge is -2.34. The van der Waals surface area contributed by atoms with E-state index in [2.05, 4.69) is 80.9 Å². The fourth-order valence-electron chi connectivity index (χ4n) is 4.87. The predicted octanol–water partition coefficient (Wildman–Crippen LogP) is 4.97. The van der Waals surface area contributed by atoms with Crippen LogP contribution >= 0.6 is 0 Å². The number of ether oxygens (including phenoxy) is 1. The molecule has 0 atom stereocenters. The number of rotatable bonds is 10. The number of nitrogens with zero attached hydrogens (tertiary/aromatic N) is 6. The molecule has 11 nitrogen and oxygen atoms in total. The Labute approximate surface area is 234 Å². The van der Waals surface area contributed by atoms with E-state index in [-0.39, 0.29) is 0 Å². The molecule has 1 saturated heterocycles. The highest BCUT2D eigenvalue weighted by Crippen LogP contribution is 2.41. The van der Waals surface area contributed by atoms with Crippen molar-refractivity contribution in [1.29, 1.82) is 0 Å². The smallest absolute Gasteiger partial charge is 0.225 e. The van der Waals surface area contributed by atoms with E-state index in [1.54, 1.807) is 7.11 Å². The van der Waals surface area contributed by atoms with E-state index in [4.69, 9.17) is 19.2 Å². The number of hydrogen-bond donors (Lipinski definition) is 3. The third kappa shape index (κ3) is 5.74. The third-order valence-electron chi connectivity index (χ3n) is 7.53. The van der Waals surface area contributed by atoms with Gasteiger partial charge in [0.1, 0.15) is 5.69 Å². The maximum atomic E-state index is 5.88. The minimum Gasteiger partial charge on any atom is -0.491 e. The van der Waals surface area contributed by atoms with Gasteiger partial charge in [-0.25, -0.2) is 4.98 Å². The molecule has 3 N–H and O–H groups in total. The maximum absolute atomic E-state index is 5.88. The van der Waals surface area contributed by atoms with Crippen LogP contribution in [0.5, 0.6) is 5.75 Å². The van der Waals surface area contributed by atoms with Gasteiger partial charge in [0.15, 0.2) is 23.1 Å². The van der Waals surface area contributed by atoms with E-state index in [1.165, 1.54) is 18.5 Å². The first-order valence-electron chi connectivity index (χ1n) is 14.0. The van der Waals surface area contributed by atoms with Gasteiger partial charge in [-0.3, -0.25) is 5.10 Å². The summed E-state index contributed by atoms with van der Waals surface area (Å²) in [6.45, 7) is 8.73. The first-order valence-corrected chi connectivity index (χ1v) is 14.0. The zero-order valence-electron chi connectivity index (χ0n) is 23.6. The number of likely N-dealkylation sites (N-methyl/N-ethyl adjacent to an activating group) is 1. The van der Waals surface area contributed by atoms with Gasteiger partial charge in [0, 0.05) is 61.2 Å². The Kier molecular flexibility index (Phi) is 7.29. The van der Waals surface area contributed by atoms with Gasteiger partial charge in [0.2, 0.25) is 5.95 Å².